The van der Waals surface area contributed by atoms with E-state index in [9.17, 15) is 0 Å². The Morgan fingerprint density at radius 2 is 2.12 bits per heavy atom. The summed E-state index contributed by atoms with van der Waals surface area (Å²) < 4.78 is 0. The number of hydrogen-bond acceptors (Lipinski definition) is 2. The molecule has 0 saturated heterocycles. The second-order valence-corrected chi connectivity index (χ2v) is 5.29. The molecule has 0 aromatic heterocycles. The molecule has 1 aliphatic heterocycles. The zero-order valence-electron chi connectivity index (χ0n) is 9.65. The maximum Gasteiger partial charge on any atom is 0.0375 e. The summed E-state index contributed by atoms with van der Waals surface area (Å²) in [6.45, 7) is 0.866. The van der Waals surface area contributed by atoms with Crippen LogP contribution < -0.4 is 11.1 Å². The average Bonchev–Trinajstić information content (AvgIpc) is 2.35. The van der Waals surface area contributed by atoms with Gasteiger partial charge in [0.2, 0.25) is 0 Å². The molecule has 1 heterocycles. The number of hydrogen-bond donors (Lipinski definition) is 2. The summed E-state index contributed by atoms with van der Waals surface area (Å²) in [5, 5.41) is 3.70. The van der Waals surface area contributed by atoms with Gasteiger partial charge in [-0.3, -0.25) is 0 Å². The molecule has 2 heteroatoms. The Hall–Kier alpha value is -1.02. The van der Waals surface area contributed by atoms with Gasteiger partial charge >= 0.3 is 0 Å². The molecule has 3 unspecified atom stereocenters. The van der Waals surface area contributed by atoms with Crippen LogP contribution in [0, 0.1) is 11.8 Å². The molecule has 3 rings (SSSR count). The molecular formula is C14H20N2. The maximum absolute atomic E-state index is 5.80. The molecular weight excluding hydrogens is 196 g/mol. The van der Waals surface area contributed by atoms with Gasteiger partial charge in [-0.15, -0.1) is 0 Å². The van der Waals surface area contributed by atoms with Gasteiger partial charge in [-0.1, -0.05) is 18.2 Å². The van der Waals surface area contributed by atoms with Gasteiger partial charge in [0.1, 0.15) is 0 Å². The Balaban J connectivity index is 1.81. The van der Waals surface area contributed by atoms with Gasteiger partial charge in [0.05, 0.1) is 0 Å². The molecule has 1 aromatic rings. The van der Waals surface area contributed by atoms with Crippen molar-refractivity contribution in [3.05, 3.63) is 29.8 Å². The van der Waals surface area contributed by atoms with Gasteiger partial charge in [-0.25, -0.2) is 0 Å². The first kappa shape index (κ1) is 10.2. The Labute approximate surface area is 97.2 Å². The van der Waals surface area contributed by atoms with E-state index >= 15 is 0 Å². The number of anilines is 1. The molecule has 2 nitrogen and oxygen atoms in total. The first-order chi connectivity index (χ1) is 7.86. The largest absolute Gasteiger partial charge is 0.382 e. The first-order valence-corrected chi connectivity index (χ1v) is 6.41. The minimum atomic E-state index is 0.692. The Bertz CT molecular complexity index is 375. The molecule has 1 saturated carbocycles. The molecule has 1 aromatic carbocycles. The third-order valence-corrected chi connectivity index (χ3v) is 4.26. The molecule has 1 fully saturated rings. The highest BCUT2D eigenvalue weighted by molar-refractivity contribution is 5.54. The number of para-hydroxylation sites is 1. The van der Waals surface area contributed by atoms with Crippen molar-refractivity contribution in [1.29, 1.82) is 0 Å². The smallest absolute Gasteiger partial charge is 0.0375 e. The Kier molecular flexibility index (Phi) is 2.60. The van der Waals surface area contributed by atoms with Crippen molar-refractivity contribution in [2.24, 2.45) is 17.6 Å². The predicted molar refractivity (Wildman–Crippen MR) is 67.4 cm³/mol. The third kappa shape index (κ3) is 1.71. The zero-order chi connectivity index (χ0) is 11.0. The van der Waals surface area contributed by atoms with E-state index in [1.165, 1.54) is 36.9 Å². The summed E-state index contributed by atoms with van der Waals surface area (Å²) in [5.41, 5.74) is 8.64. The van der Waals surface area contributed by atoms with Crippen molar-refractivity contribution in [3.8, 4) is 0 Å². The van der Waals surface area contributed by atoms with Crippen LogP contribution in [0.25, 0.3) is 0 Å². The van der Waals surface area contributed by atoms with Crippen molar-refractivity contribution in [3.63, 3.8) is 0 Å². The van der Waals surface area contributed by atoms with Crippen molar-refractivity contribution in [2.45, 2.75) is 31.7 Å². The summed E-state index contributed by atoms with van der Waals surface area (Å²) in [5.74, 6) is 1.56. The summed E-state index contributed by atoms with van der Waals surface area (Å²) in [6.07, 6.45) is 5.14. The second kappa shape index (κ2) is 4.10. The molecule has 0 bridgehead atoms. The highest BCUT2D eigenvalue weighted by atomic mass is 14.9. The van der Waals surface area contributed by atoms with Crippen LogP contribution in [0.3, 0.4) is 0 Å². The molecule has 86 valence electrons. The molecule has 16 heavy (non-hydrogen) atoms. The molecule has 3 N–H and O–H groups in total. The van der Waals surface area contributed by atoms with E-state index in [0.717, 1.165) is 18.4 Å². The normalized spacial score (nSPS) is 32.4. The van der Waals surface area contributed by atoms with Crippen LogP contribution in [0.15, 0.2) is 24.3 Å². The number of rotatable bonds is 1. The van der Waals surface area contributed by atoms with Crippen molar-refractivity contribution >= 4 is 5.69 Å². The summed E-state index contributed by atoms with van der Waals surface area (Å²) in [6, 6.07) is 9.42. The zero-order valence-corrected chi connectivity index (χ0v) is 9.65. The monoisotopic (exact) mass is 216 g/mol. The van der Waals surface area contributed by atoms with Gasteiger partial charge in [0, 0.05) is 11.7 Å². The lowest BCUT2D eigenvalue weighted by atomic mass is 9.73. The van der Waals surface area contributed by atoms with Crippen LogP contribution in [0.2, 0.25) is 0 Å². The SMILES string of the molecule is NCC1CCC2Nc3ccccc3CC2C1. The van der Waals surface area contributed by atoms with E-state index in [1.807, 2.05) is 0 Å². The molecule has 3 atom stereocenters. The van der Waals surface area contributed by atoms with Gasteiger partial charge in [0.25, 0.3) is 0 Å². The number of benzene rings is 1. The van der Waals surface area contributed by atoms with Gasteiger partial charge in [-0.05, 0) is 55.7 Å². The van der Waals surface area contributed by atoms with Crippen molar-refractivity contribution in [2.75, 3.05) is 11.9 Å². The summed E-state index contributed by atoms with van der Waals surface area (Å²) >= 11 is 0. The standard InChI is InChI=1S/C14H20N2/c15-9-10-5-6-14-12(7-10)8-11-3-1-2-4-13(11)16-14/h1-4,10,12,14,16H,5-9,15H2. The third-order valence-electron chi connectivity index (χ3n) is 4.26. The molecule has 2 aliphatic rings. The van der Waals surface area contributed by atoms with Crippen LogP contribution >= 0.6 is 0 Å². The van der Waals surface area contributed by atoms with Crippen molar-refractivity contribution < 1.29 is 0 Å². The fourth-order valence-electron chi connectivity index (χ4n) is 3.31. The minimum Gasteiger partial charge on any atom is -0.382 e. The van der Waals surface area contributed by atoms with E-state index < -0.39 is 0 Å². The lowest BCUT2D eigenvalue weighted by Gasteiger charge is -2.40. The van der Waals surface area contributed by atoms with E-state index in [4.69, 9.17) is 5.73 Å². The van der Waals surface area contributed by atoms with E-state index in [2.05, 4.69) is 29.6 Å². The highest BCUT2D eigenvalue weighted by Gasteiger charge is 2.33. The van der Waals surface area contributed by atoms with Crippen LogP contribution in [0.5, 0.6) is 0 Å². The van der Waals surface area contributed by atoms with Gasteiger partial charge in [0.15, 0.2) is 0 Å². The second-order valence-electron chi connectivity index (χ2n) is 5.29. The first-order valence-electron chi connectivity index (χ1n) is 6.41. The van der Waals surface area contributed by atoms with Crippen LogP contribution in [0.1, 0.15) is 24.8 Å². The lowest BCUT2D eigenvalue weighted by molar-refractivity contribution is 0.243. The van der Waals surface area contributed by atoms with Crippen LogP contribution in [0.4, 0.5) is 5.69 Å². The topological polar surface area (TPSA) is 38.0 Å². The number of nitrogens with two attached hydrogens (primary N) is 1. The van der Waals surface area contributed by atoms with Crippen molar-refractivity contribution in [1.82, 2.24) is 0 Å². The summed E-state index contributed by atoms with van der Waals surface area (Å²) in [7, 11) is 0. The highest BCUT2D eigenvalue weighted by Crippen LogP contribution is 2.38. The molecule has 1 aliphatic carbocycles. The van der Waals surface area contributed by atoms with Crippen LogP contribution in [-0.4, -0.2) is 12.6 Å². The predicted octanol–water partition coefficient (Wildman–Crippen LogP) is 2.40. The van der Waals surface area contributed by atoms with E-state index in [0.29, 0.717) is 6.04 Å². The van der Waals surface area contributed by atoms with Gasteiger partial charge < -0.3 is 11.1 Å². The number of nitrogens with one attached hydrogen (secondary N) is 1. The fraction of sp³-hybridized carbons (Fsp3) is 0.571. The molecule has 0 amide bonds. The van der Waals surface area contributed by atoms with E-state index in [-0.39, 0.29) is 0 Å². The fourth-order valence-corrected chi connectivity index (χ4v) is 3.31. The van der Waals surface area contributed by atoms with Gasteiger partial charge in [-0.2, -0.15) is 0 Å². The maximum atomic E-state index is 5.80. The molecule has 0 spiro atoms. The minimum absolute atomic E-state index is 0.692. The Morgan fingerprint density at radius 1 is 1.25 bits per heavy atom. The summed E-state index contributed by atoms with van der Waals surface area (Å²) in [4.78, 5) is 0. The van der Waals surface area contributed by atoms with Crippen LogP contribution in [-0.2, 0) is 6.42 Å². The molecule has 0 radical (unpaired) electrons. The van der Waals surface area contributed by atoms with E-state index in [1.54, 1.807) is 0 Å². The Morgan fingerprint density at radius 3 is 3.00 bits per heavy atom. The average molecular weight is 216 g/mol. The lowest BCUT2D eigenvalue weighted by Crippen LogP contribution is -2.41. The number of fused-ring (bicyclic) bond motifs is 2. The quantitative estimate of drug-likeness (QED) is 0.756.